The predicted octanol–water partition coefficient (Wildman–Crippen LogP) is 2.72. The number of hydrogen-bond acceptors (Lipinski definition) is 2. The minimum absolute atomic E-state index is 0.102. The second-order valence-electron chi connectivity index (χ2n) is 6.40. The molecule has 0 aromatic carbocycles. The maximum atomic E-state index is 12.5. The number of amides is 1. The lowest BCUT2D eigenvalue weighted by Crippen LogP contribution is -2.49. The monoisotopic (exact) mass is 234 g/mol. The average Bonchev–Trinajstić information content (AvgIpc) is 2.76. The first-order valence-electron chi connectivity index (χ1n) is 6.70. The second kappa shape index (κ2) is 4.33. The maximum absolute atomic E-state index is 12.5. The molecule has 1 saturated carbocycles. The standard InChI is InChI=1S/C14H22N2O/c1-13(2)6-5-9-16(11-13)12(17)14(10-15)7-3-4-8-14/h3-9,11H2,1-2H3. The first kappa shape index (κ1) is 12.4. The summed E-state index contributed by atoms with van der Waals surface area (Å²) in [5.41, 5.74) is -0.476. The van der Waals surface area contributed by atoms with Crippen molar-refractivity contribution in [1.29, 1.82) is 5.26 Å². The Kier molecular flexibility index (Phi) is 3.16. The summed E-state index contributed by atoms with van der Waals surface area (Å²) in [6.07, 6.45) is 5.82. The van der Waals surface area contributed by atoms with Crippen LogP contribution in [-0.4, -0.2) is 23.9 Å². The minimum atomic E-state index is -0.687. The number of carbonyl (C=O) groups is 1. The van der Waals surface area contributed by atoms with Crippen LogP contribution in [0.2, 0.25) is 0 Å². The molecule has 0 N–H and O–H groups in total. The molecule has 17 heavy (non-hydrogen) atoms. The number of nitrogens with zero attached hydrogens (tertiary/aromatic N) is 2. The molecule has 0 bridgehead atoms. The van der Waals surface area contributed by atoms with Crippen molar-refractivity contribution in [2.75, 3.05) is 13.1 Å². The highest BCUT2D eigenvalue weighted by molar-refractivity contribution is 5.86. The van der Waals surface area contributed by atoms with Crippen LogP contribution in [0.15, 0.2) is 0 Å². The van der Waals surface area contributed by atoms with Gasteiger partial charge in [-0.1, -0.05) is 26.7 Å². The third kappa shape index (κ3) is 2.31. The van der Waals surface area contributed by atoms with E-state index in [-0.39, 0.29) is 11.3 Å². The van der Waals surface area contributed by atoms with Gasteiger partial charge >= 0.3 is 0 Å². The Morgan fingerprint density at radius 2 is 1.82 bits per heavy atom. The highest BCUT2D eigenvalue weighted by Gasteiger charge is 2.45. The molecule has 2 fully saturated rings. The Hall–Kier alpha value is -1.04. The van der Waals surface area contributed by atoms with E-state index >= 15 is 0 Å². The van der Waals surface area contributed by atoms with E-state index in [2.05, 4.69) is 19.9 Å². The smallest absolute Gasteiger partial charge is 0.243 e. The molecule has 1 aliphatic carbocycles. The van der Waals surface area contributed by atoms with E-state index in [0.717, 1.165) is 45.2 Å². The second-order valence-corrected chi connectivity index (χ2v) is 6.40. The summed E-state index contributed by atoms with van der Waals surface area (Å²) in [5.74, 6) is 0.102. The Morgan fingerprint density at radius 1 is 1.18 bits per heavy atom. The molecule has 0 aromatic rings. The zero-order valence-electron chi connectivity index (χ0n) is 11.0. The third-order valence-electron chi connectivity index (χ3n) is 4.27. The van der Waals surface area contributed by atoms with Gasteiger partial charge < -0.3 is 4.90 Å². The summed E-state index contributed by atoms with van der Waals surface area (Å²) >= 11 is 0. The predicted molar refractivity (Wildman–Crippen MR) is 66.1 cm³/mol. The Balaban J connectivity index is 2.12. The third-order valence-corrected chi connectivity index (χ3v) is 4.27. The maximum Gasteiger partial charge on any atom is 0.243 e. The summed E-state index contributed by atoms with van der Waals surface area (Å²) < 4.78 is 0. The van der Waals surface area contributed by atoms with Gasteiger partial charge in [-0.25, -0.2) is 0 Å². The van der Waals surface area contributed by atoms with Crippen molar-refractivity contribution in [3.63, 3.8) is 0 Å². The fraction of sp³-hybridized carbons (Fsp3) is 0.857. The van der Waals surface area contributed by atoms with Gasteiger partial charge in [0.15, 0.2) is 0 Å². The first-order chi connectivity index (χ1) is 7.99. The van der Waals surface area contributed by atoms with E-state index in [1.807, 2.05) is 4.90 Å². The molecular weight excluding hydrogens is 212 g/mol. The van der Waals surface area contributed by atoms with Crippen LogP contribution in [0.25, 0.3) is 0 Å². The summed E-state index contributed by atoms with van der Waals surface area (Å²) in [4.78, 5) is 14.5. The van der Waals surface area contributed by atoms with E-state index < -0.39 is 5.41 Å². The highest BCUT2D eigenvalue weighted by atomic mass is 16.2. The van der Waals surface area contributed by atoms with E-state index in [9.17, 15) is 10.1 Å². The molecule has 94 valence electrons. The zero-order chi connectivity index (χ0) is 12.5. The molecule has 1 heterocycles. The van der Waals surface area contributed by atoms with Crippen LogP contribution in [0.3, 0.4) is 0 Å². The summed E-state index contributed by atoms with van der Waals surface area (Å²) in [6, 6.07) is 2.31. The van der Waals surface area contributed by atoms with Crippen molar-refractivity contribution in [1.82, 2.24) is 4.90 Å². The molecule has 2 aliphatic rings. The van der Waals surface area contributed by atoms with Gasteiger partial charge in [-0.15, -0.1) is 0 Å². The number of nitriles is 1. The molecule has 1 amide bonds. The number of likely N-dealkylation sites (tertiary alicyclic amines) is 1. The van der Waals surface area contributed by atoms with E-state index in [1.54, 1.807) is 0 Å². The molecular formula is C14H22N2O. The lowest BCUT2D eigenvalue weighted by Gasteiger charge is -2.40. The number of piperidine rings is 1. The van der Waals surface area contributed by atoms with Crippen molar-refractivity contribution in [2.45, 2.75) is 52.4 Å². The van der Waals surface area contributed by atoms with Gasteiger partial charge in [-0.3, -0.25) is 4.79 Å². The van der Waals surface area contributed by atoms with Crippen molar-refractivity contribution in [3.05, 3.63) is 0 Å². The van der Waals surface area contributed by atoms with Crippen molar-refractivity contribution < 1.29 is 4.79 Å². The van der Waals surface area contributed by atoms with Gasteiger partial charge in [-0.2, -0.15) is 5.26 Å². The van der Waals surface area contributed by atoms with E-state index in [4.69, 9.17) is 0 Å². The molecule has 0 atom stereocenters. The molecule has 0 spiro atoms. The molecule has 0 aromatic heterocycles. The van der Waals surface area contributed by atoms with Crippen LogP contribution in [0.1, 0.15) is 52.4 Å². The molecule has 3 heteroatoms. The molecule has 0 unspecified atom stereocenters. The number of rotatable bonds is 1. The van der Waals surface area contributed by atoms with Crippen LogP contribution in [0, 0.1) is 22.2 Å². The van der Waals surface area contributed by atoms with Crippen molar-refractivity contribution >= 4 is 5.91 Å². The van der Waals surface area contributed by atoms with E-state index in [1.165, 1.54) is 6.42 Å². The fourth-order valence-electron chi connectivity index (χ4n) is 3.25. The molecule has 1 aliphatic heterocycles. The Labute approximate surface area is 104 Å². The van der Waals surface area contributed by atoms with Gasteiger partial charge in [0.25, 0.3) is 0 Å². The highest BCUT2D eigenvalue weighted by Crippen LogP contribution is 2.40. The van der Waals surface area contributed by atoms with Crippen LogP contribution in [0.4, 0.5) is 0 Å². The van der Waals surface area contributed by atoms with Crippen LogP contribution < -0.4 is 0 Å². The molecule has 0 radical (unpaired) electrons. The van der Waals surface area contributed by atoms with Gasteiger partial charge in [0.1, 0.15) is 5.41 Å². The van der Waals surface area contributed by atoms with Gasteiger partial charge in [0, 0.05) is 13.1 Å². The van der Waals surface area contributed by atoms with Crippen molar-refractivity contribution in [3.8, 4) is 6.07 Å². The normalized spacial score (nSPS) is 26.5. The minimum Gasteiger partial charge on any atom is -0.341 e. The van der Waals surface area contributed by atoms with Gasteiger partial charge in [-0.05, 0) is 31.1 Å². The van der Waals surface area contributed by atoms with Crippen LogP contribution >= 0.6 is 0 Å². The summed E-state index contributed by atoms with van der Waals surface area (Å²) in [5, 5.41) is 9.35. The largest absolute Gasteiger partial charge is 0.341 e. The quantitative estimate of drug-likeness (QED) is 0.700. The lowest BCUT2D eigenvalue weighted by atomic mass is 9.81. The fourth-order valence-corrected chi connectivity index (χ4v) is 3.25. The average molecular weight is 234 g/mol. The van der Waals surface area contributed by atoms with Crippen molar-refractivity contribution in [2.24, 2.45) is 10.8 Å². The van der Waals surface area contributed by atoms with Gasteiger partial charge in [0.2, 0.25) is 5.91 Å². The Morgan fingerprint density at radius 3 is 2.35 bits per heavy atom. The zero-order valence-corrected chi connectivity index (χ0v) is 11.0. The van der Waals surface area contributed by atoms with Crippen LogP contribution in [0.5, 0.6) is 0 Å². The Bertz CT molecular complexity index is 348. The first-order valence-corrected chi connectivity index (χ1v) is 6.70. The van der Waals surface area contributed by atoms with Crippen LogP contribution in [-0.2, 0) is 4.79 Å². The SMILES string of the molecule is CC1(C)CCCN(C(=O)C2(C#N)CCCC2)C1. The van der Waals surface area contributed by atoms with E-state index in [0.29, 0.717) is 0 Å². The summed E-state index contributed by atoms with van der Waals surface area (Å²) in [6.45, 7) is 6.07. The topological polar surface area (TPSA) is 44.1 Å². The number of hydrogen-bond donors (Lipinski definition) is 0. The lowest BCUT2D eigenvalue weighted by molar-refractivity contribution is -0.142. The molecule has 2 rings (SSSR count). The number of carbonyl (C=O) groups excluding carboxylic acids is 1. The molecule has 1 saturated heterocycles. The molecule has 3 nitrogen and oxygen atoms in total. The summed E-state index contributed by atoms with van der Waals surface area (Å²) in [7, 11) is 0. The van der Waals surface area contributed by atoms with Gasteiger partial charge in [0.05, 0.1) is 6.07 Å².